The molecule has 0 fully saturated rings. The van der Waals surface area contributed by atoms with Crippen LogP contribution in [0.15, 0.2) is 97.5 Å². The zero-order chi connectivity index (χ0) is 23.2. The molecule has 0 radical (unpaired) electrons. The maximum Gasteiger partial charge on any atom is 0.235 e. The molecule has 0 saturated heterocycles. The van der Waals surface area contributed by atoms with Gasteiger partial charge in [-0.05, 0) is 24.3 Å². The van der Waals surface area contributed by atoms with E-state index in [2.05, 4.69) is 37.9 Å². The minimum Gasteiger partial charge on any atom is -0.323 e. The van der Waals surface area contributed by atoms with Crippen molar-refractivity contribution in [2.75, 3.05) is 0 Å². The zero-order valence-corrected chi connectivity index (χ0v) is 19.2. The van der Waals surface area contributed by atoms with Crippen molar-refractivity contribution in [3.05, 3.63) is 103 Å². The lowest BCUT2D eigenvalue weighted by Crippen LogP contribution is -2.04. The molecular formula is C26H18N8S. The molecule has 4 aromatic heterocycles. The molecule has 168 valence electrons. The molecule has 0 spiro atoms. The van der Waals surface area contributed by atoms with Crippen molar-refractivity contribution in [3.63, 3.8) is 0 Å². The summed E-state index contributed by atoms with van der Waals surface area (Å²) in [7, 11) is 0. The van der Waals surface area contributed by atoms with E-state index in [-0.39, 0.29) is 0 Å². The van der Waals surface area contributed by atoms with E-state index in [9.17, 15) is 0 Å². The van der Waals surface area contributed by atoms with E-state index >= 15 is 0 Å². The van der Waals surface area contributed by atoms with Crippen molar-refractivity contribution in [2.45, 2.75) is 6.54 Å². The summed E-state index contributed by atoms with van der Waals surface area (Å²) in [4.78, 5) is 5.23. The van der Waals surface area contributed by atoms with Gasteiger partial charge in [0.1, 0.15) is 5.69 Å². The van der Waals surface area contributed by atoms with Crippen molar-refractivity contribution in [1.82, 2.24) is 39.1 Å². The first-order valence-corrected chi connectivity index (χ1v) is 12.0. The van der Waals surface area contributed by atoms with Crippen molar-refractivity contribution in [1.29, 1.82) is 0 Å². The van der Waals surface area contributed by atoms with Crippen LogP contribution < -0.4 is 0 Å². The quantitative estimate of drug-likeness (QED) is 0.347. The fraction of sp³-hybridized carbons (Fsp3) is 0.0385. The maximum atomic E-state index is 4.92. The van der Waals surface area contributed by atoms with Crippen LogP contribution >= 0.6 is 11.3 Å². The van der Waals surface area contributed by atoms with Crippen LogP contribution in [0.4, 0.5) is 0 Å². The molecule has 4 heterocycles. The molecule has 0 aliphatic carbocycles. The third-order valence-corrected chi connectivity index (χ3v) is 6.84. The molecule has 0 N–H and O–H groups in total. The van der Waals surface area contributed by atoms with E-state index < -0.39 is 0 Å². The summed E-state index contributed by atoms with van der Waals surface area (Å²) in [6.07, 6.45) is 3.86. The average molecular weight is 475 g/mol. The summed E-state index contributed by atoms with van der Waals surface area (Å²) in [6.45, 7) is 0.527. The summed E-state index contributed by atoms with van der Waals surface area (Å²) in [5.41, 5.74) is 5.86. The molecule has 8 nitrogen and oxygen atoms in total. The van der Waals surface area contributed by atoms with Gasteiger partial charge >= 0.3 is 0 Å². The lowest BCUT2D eigenvalue weighted by atomic mass is 10.1. The van der Waals surface area contributed by atoms with Gasteiger partial charge in [-0.3, -0.25) is 0 Å². The number of fused-ring (bicyclic) bond motifs is 2. The first-order chi connectivity index (χ1) is 17.3. The van der Waals surface area contributed by atoms with E-state index in [4.69, 9.17) is 10.2 Å². The first-order valence-electron chi connectivity index (χ1n) is 11.2. The number of rotatable bonds is 5. The summed E-state index contributed by atoms with van der Waals surface area (Å²) in [5.74, 6) is 0.752. The van der Waals surface area contributed by atoms with Crippen LogP contribution in [0.2, 0.25) is 0 Å². The van der Waals surface area contributed by atoms with Gasteiger partial charge in [-0.15, -0.1) is 10.2 Å². The lowest BCUT2D eigenvalue weighted by molar-refractivity contribution is 0.726. The van der Waals surface area contributed by atoms with Crippen LogP contribution in [0.3, 0.4) is 0 Å². The van der Waals surface area contributed by atoms with Gasteiger partial charge in [-0.2, -0.15) is 14.7 Å². The number of aromatic nitrogens is 8. The van der Waals surface area contributed by atoms with Crippen LogP contribution in [-0.2, 0) is 6.54 Å². The van der Waals surface area contributed by atoms with Gasteiger partial charge in [0.2, 0.25) is 4.96 Å². The van der Waals surface area contributed by atoms with Gasteiger partial charge in [0.25, 0.3) is 0 Å². The summed E-state index contributed by atoms with van der Waals surface area (Å²) >= 11 is 1.50. The normalized spacial score (nSPS) is 11.5. The minimum atomic E-state index is 0.527. The third kappa shape index (κ3) is 3.41. The fourth-order valence-electron chi connectivity index (χ4n) is 4.21. The number of hydrogen-bond donors (Lipinski definition) is 0. The number of nitrogens with zero attached hydrogens (tertiary/aromatic N) is 8. The molecule has 0 bridgehead atoms. The largest absolute Gasteiger partial charge is 0.323 e. The van der Waals surface area contributed by atoms with Gasteiger partial charge in [0, 0.05) is 11.8 Å². The highest BCUT2D eigenvalue weighted by molar-refractivity contribution is 7.19. The van der Waals surface area contributed by atoms with Gasteiger partial charge in [0.05, 0.1) is 35.2 Å². The molecule has 7 aromatic rings. The second-order valence-electron chi connectivity index (χ2n) is 8.12. The molecule has 0 saturated carbocycles. The molecule has 9 heteroatoms. The molecule has 7 rings (SSSR count). The number of benzene rings is 3. The van der Waals surface area contributed by atoms with Gasteiger partial charge < -0.3 is 4.57 Å². The second-order valence-corrected chi connectivity index (χ2v) is 9.07. The minimum absolute atomic E-state index is 0.527. The molecule has 0 atom stereocenters. The maximum absolute atomic E-state index is 4.92. The smallest absolute Gasteiger partial charge is 0.235 e. The summed E-state index contributed by atoms with van der Waals surface area (Å²) < 4.78 is 5.79. The second kappa shape index (κ2) is 8.00. The molecule has 3 aromatic carbocycles. The van der Waals surface area contributed by atoms with Crippen molar-refractivity contribution < 1.29 is 0 Å². The summed E-state index contributed by atoms with van der Waals surface area (Å²) in [6, 6.07) is 28.3. The highest BCUT2D eigenvalue weighted by Crippen LogP contribution is 2.34. The lowest BCUT2D eigenvalue weighted by Gasteiger charge is -2.01. The monoisotopic (exact) mass is 474 g/mol. The van der Waals surface area contributed by atoms with Crippen LogP contribution in [0, 0.1) is 0 Å². The zero-order valence-electron chi connectivity index (χ0n) is 18.4. The van der Waals surface area contributed by atoms with E-state index in [1.54, 1.807) is 0 Å². The Balaban J connectivity index is 1.33. The Morgan fingerprint density at radius 1 is 0.771 bits per heavy atom. The van der Waals surface area contributed by atoms with E-state index in [1.807, 2.05) is 88.5 Å². The van der Waals surface area contributed by atoms with Gasteiger partial charge in [-0.1, -0.05) is 72.0 Å². The van der Waals surface area contributed by atoms with E-state index in [0.717, 1.165) is 49.3 Å². The van der Waals surface area contributed by atoms with Crippen LogP contribution in [0.25, 0.3) is 43.5 Å². The molecule has 0 aliphatic rings. The number of para-hydroxylation sites is 3. The Bertz CT molecular complexity index is 1780. The van der Waals surface area contributed by atoms with Crippen LogP contribution in [0.1, 0.15) is 5.82 Å². The predicted octanol–water partition coefficient (Wildman–Crippen LogP) is 5.10. The first kappa shape index (κ1) is 19.8. The SMILES string of the molecule is c1ccc(-c2nn(-c3ccccc3)cc2-c2nn3c(Cn4cnc5ccccc54)nnc3s2)cc1. The average Bonchev–Trinajstić information content (AvgIpc) is 3.69. The van der Waals surface area contributed by atoms with E-state index in [0.29, 0.717) is 6.54 Å². The number of imidazole rings is 1. The van der Waals surface area contributed by atoms with E-state index in [1.165, 1.54) is 11.3 Å². The fourth-order valence-corrected chi connectivity index (χ4v) is 5.08. The predicted molar refractivity (Wildman–Crippen MR) is 135 cm³/mol. The van der Waals surface area contributed by atoms with Gasteiger partial charge in [-0.25, -0.2) is 9.67 Å². The highest BCUT2D eigenvalue weighted by Gasteiger charge is 2.20. The Morgan fingerprint density at radius 2 is 1.54 bits per heavy atom. The van der Waals surface area contributed by atoms with Crippen molar-refractivity contribution in [2.24, 2.45) is 0 Å². The Hall–Kier alpha value is -4.63. The molecule has 0 unspecified atom stereocenters. The Labute approximate surface area is 203 Å². The molecule has 0 amide bonds. The Morgan fingerprint density at radius 3 is 2.40 bits per heavy atom. The molecule has 0 aliphatic heterocycles. The highest BCUT2D eigenvalue weighted by atomic mass is 32.1. The standard InChI is InChI=1S/C26H18N8S/c1-3-9-18(10-4-1)24-20(15-33(30-24)19-11-5-2-6-12-19)25-31-34-23(28-29-26(34)35-25)16-32-17-27-21-13-7-8-14-22(21)32/h1-15,17H,16H2. The van der Waals surface area contributed by atoms with Crippen LogP contribution in [-0.4, -0.2) is 39.1 Å². The number of hydrogen-bond acceptors (Lipinski definition) is 6. The third-order valence-electron chi connectivity index (χ3n) is 5.91. The molecule has 35 heavy (non-hydrogen) atoms. The topological polar surface area (TPSA) is 78.7 Å². The Kier molecular flexibility index (Phi) is 4.52. The van der Waals surface area contributed by atoms with Crippen LogP contribution in [0.5, 0.6) is 0 Å². The van der Waals surface area contributed by atoms with Crippen molar-refractivity contribution in [3.8, 4) is 27.5 Å². The van der Waals surface area contributed by atoms with Gasteiger partial charge in [0.15, 0.2) is 10.8 Å². The van der Waals surface area contributed by atoms with Crippen molar-refractivity contribution >= 4 is 27.3 Å². The summed E-state index contributed by atoms with van der Waals surface area (Å²) in [5, 5.41) is 19.5. The molecular weight excluding hydrogens is 456 g/mol.